The first-order valence-corrected chi connectivity index (χ1v) is 9.59. The average molecular weight is 388 g/mol. The van der Waals surface area contributed by atoms with Gasteiger partial charge in [0.1, 0.15) is 22.7 Å². The minimum absolute atomic E-state index is 0.0208. The van der Waals surface area contributed by atoms with Crippen LogP contribution in [0.5, 0.6) is 11.5 Å². The van der Waals surface area contributed by atoms with Gasteiger partial charge in [-0.25, -0.2) is 17.8 Å². The number of nitrogens with one attached hydrogen (secondary N) is 1. The van der Waals surface area contributed by atoms with Gasteiger partial charge in [0.25, 0.3) is 16.0 Å². The van der Waals surface area contributed by atoms with E-state index in [1.165, 1.54) is 32.7 Å². The van der Waals surface area contributed by atoms with E-state index in [0.29, 0.717) is 12.3 Å². The van der Waals surface area contributed by atoms with Crippen LogP contribution in [0.2, 0.25) is 0 Å². The van der Waals surface area contributed by atoms with Crippen molar-refractivity contribution in [2.24, 2.45) is 0 Å². The van der Waals surface area contributed by atoms with E-state index in [2.05, 4.69) is 14.8 Å². The monoisotopic (exact) mass is 388 g/mol. The Morgan fingerprint density at radius 1 is 1.11 bits per heavy atom. The maximum atomic E-state index is 12.7. The molecule has 0 spiro atoms. The van der Waals surface area contributed by atoms with E-state index in [1.54, 1.807) is 10.7 Å². The predicted molar refractivity (Wildman–Crippen MR) is 101 cm³/mol. The molecule has 0 atom stereocenters. The molecule has 1 heterocycles. The highest BCUT2D eigenvalue weighted by molar-refractivity contribution is 7.92. The van der Waals surface area contributed by atoms with E-state index in [0.717, 1.165) is 11.1 Å². The SMILES string of the molecule is COc1ccc(OC)c(S(=O)(=O)Nc2ncn(Cc3cccc(C)c3)n2)c1. The van der Waals surface area contributed by atoms with Crippen LogP contribution in [0.15, 0.2) is 53.7 Å². The summed E-state index contributed by atoms with van der Waals surface area (Å²) in [4.78, 5) is 3.98. The summed E-state index contributed by atoms with van der Waals surface area (Å²) in [5, 5.41) is 4.19. The summed E-state index contributed by atoms with van der Waals surface area (Å²) < 4.78 is 39.6. The highest BCUT2D eigenvalue weighted by Crippen LogP contribution is 2.29. The van der Waals surface area contributed by atoms with Crippen molar-refractivity contribution >= 4 is 16.0 Å². The van der Waals surface area contributed by atoms with Gasteiger partial charge in [0, 0.05) is 6.07 Å². The van der Waals surface area contributed by atoms with Crippen molar-refractivity contribution in [2.45, 2.75) is 18.4 Å². The van der Waals surface area contributed by atoms with Crippen LogP contribution in [0.3, 0.4) is 0 Å². The van der Waals surface area contributed by atoms with Crippen LogP contribution in [0.4, 0.5) is 5.95 Å². The fraction of sp³-hybridized carbons (Fsp3) is 0.222. The number of anilines is 1. The minimum atomic E-state index is -3.95. The topological polar surface area (TPSA) is 95.3 Å². The molecule has 0 bridgehead atoms. The van der Waals surface area contributed by atoms with Crippen molar-refractivity contribution in [2.75, 3.05) is 18.9 Å². The van der Waals surface area contributed by atoms with Gasteiger partial charge in [0.15, 0.2) is 0 Å². The first-order chi connectivity index (χ1) is 12.9. The number of hydrogen-bond acceptors (Lipinski definition) is 6. The second-order valence-electron chi connectivity index (χ2n) is 5.88. The molecule has 27 heavy (non-hydrogen) atoms. The third-order valence-corrected chi connectivity index (χ3v) is 5.20. The first-order valence-electron chi connectivity index (χ1n) is 8.11. The molecule has 0 unspecified atom stereocenters. The van der Waals surface area contributed by atoms with Gasteiger partial charge in [-0.05, 0) is 24.6 Å². The summed E-state index contributed by atoms with van der Waals surface area (Å²) in [5.41, 5.74) is 2.18. The van der Waals surface area contributed by atoms with E-state index in [4.69, 9.17) is 9.47 Å². The third-order valence-electron chi connectivity index (χ3n) is 3.85. The molecule has 3 rings (SSSR count). The molecule has 9 heteroatoms. The lowest BCUT2D eigenvalue weighted by molar-refractivity contribution is 0.392. The van der Waals surface area contributed by atoms with E-state index in [-0.39, 0.29) is 16.6 Å². The largest absolute Gasteiger partial charge is 0.497 e. The molecule has 0 aliphatic rings. The highest BCUT2D eigenvalue weighted by atomic mass is 32.2. The fourth-order valence-electron chi connectivity index (χ4n) is 2.58. The summed E-state index contributed by atoms with van der Waals surface area (Å²) in [7, 11) is -1.09. The summed E-state index contributed by atoms with van der Waals surface area (Å²) in [6.45, 7) is 2.49. The van der Waals surface area contributed by atoms with E-state index in [1.807, 2.05) is 31.2 Å². The number of methoxy groups -OCH3 is 2. The van der Waals surface area contributed by atoms with Crippen molar-refractivity contribution in [3.05, 3.63) is 59.9 Å². The lowest BCUT2D eigenvalue weighted by Crippen LogP contribution is -2.15. The second kappa shape index (κ2) is 7.67. The van der Waals surface area contributed by atoms with E-state index in [9.17, 15) is 8.42 Å². The lowest BCUT2D eigenvalue weighted by atomic mass is 10.1. The Morgan fingerprint density at radius 2 is 1.93 bits per heavy atom. The zero-order chi connectivity index (χ0) is 19.4. The number of aromatic nitrogens is 3. The Bertz CT molecular complexity index is 1050. The second-order valence-corrected chi connectivity index (χ2v) is 7.53. The van der Waals surface area contributed by atoms with Crippen molar-refractivity contribution in [3.8, 4) is 11.5 Å². The molecule has 0 saturated carbocycles. The van der Waals surface area contributed by atoms with Crippen LogP contribution in [0.25, 0.3) is 0 Å². The van der Waals surface area contributed by atoms with Crippen LogP contribution in [0.1, 0.15) is 11.1 Å². The number of benzene rings is 2. The van der Waals surface area contributed by atoms with Gasteiger partial charge in [-0.3, -0.25) is 0 Å². The Kier molecular flexibility index (Phi) is 5.31. The summed E-state index contributed by atoms with van der Waals surface area (Å²) in [6, 6.07) is 12.5. The van der Waals surface area contributed by atoms with Crippen LogP contribution >= 0.6 is 0 Å². The van der Waals surface area contributed by atoms with Crippen molar-refractivity contribution in [3.63, 3.8) is 0 Å². The Labute approximate surface area is 157 Å². The molecular formula is C18H20N4O4S. The number of nitrogens with zero attached hydrogens (tertiary/aromatic N) is 3. The molecule has 8 nitrogen and oxygen atoms in total. The zero-order valence-corrected chi connectivity index (χ0v) is 16.0. The fourth-order valence-corrected chi connectivity index (χ4v) is 3.72. The molecule has 0 aliphatic heterocycles. The third kappa shape index (κ3) is 4.37. The molecule has 1 N–H and O–H groups in total. The van der Waals surface area contributed by atoms with Crippen LogP contribution < -0.4 is 14.2 Å². The summed E-state index contributed by atoms with van der Waals surface area (Å²) in [6.07, 6.45) is 1.48. The van der Waals surface area contributed by atoms with Gasteiger partial charge >= 0.3 is 0 Å². The number of hydrogen-bond donors (Lipinski definition) is 1. The van der Waals surface area contributed by atoms with Gasteiger partial charge in [-0.15, -0.1) is 5.10 Å². The van der Waals surface area contributed by atoms with Gasteiger partial charge in [-0.1, -0.05) is 29.8 Å². The van der Waals surface area contributed by atoms with E-state index < -0.39 is 10.0 Å². The van der Waals surface area contributed by atoms with E-state index >= 15 is 0 Å². The Balaban J connectivity index is 1.82. The molecule has 2 aromatic carbocycles. The smallest absolute Gasteiger partial charge is 0.268 e. The van der Waals surface area contributed by atoms with Crippen molar-refractivity contribution in [1.82, 2.24) is 14.8 Å². The van der Waals surface area contributed by atoms with Crippen LogP contribution in [0, 0.1) is 6.92 Å². The van der Waals surface area contributed by atoms with Gasteiger partial charge in [0.05, 0.1) is 20.8 Å². The maximum absolute atomic E-state index is 12.7. The Morgan fingerprint density at radius 3 is 2.63 bits per heavy atom. The average Bonchev–Trinajstić information content (AvgIpc) is 3.07. The van der Waals surface area contributed by atoms with Crippen molar-refractivity contribution < 1.29 is 17.9 Å². The first kappa shape index (κ1) is 18.7. The molecule has 0 amide bonds. The molecule has 0 aliphatic carbocycles. The minimum Gasteiger partial charge on any atom is -0.497 e. The van der Waals surface area contributed by atoms with Crippen LogP contribution in [-0.4, -0.2) is 37.4 Å². The molecule has 0 radical (unpaired) electrons. The van der Waals surface area contributed by atoms with Gasteiger partial charge in [0.2, 0.25) is 0 Å². The zero-order valence-electron chi connectivity index (χ0n) is 15.2. The van der Waals surface area contributed by atoms with Gasteiger partial charge < -0.3 is 9.47 Å². The van der Waals surface area contributed by atoms with Crippen LogP contribution in [-0.2, 0) is 16.6 Å². The van der Waals surface area contributed by atoms with Gasteiger partial charge in [-0.2, -0.15) is 4.98 Å². The molecule has 0 fully saturated rings. The molecular weight excluding hydrogens is 368 g/mol. The summed E-state index contributed by atoms with van der Waals surface area (Å²) in [5.74, 6) is 0.573. The predicted octanol–water partition coefficient (Wildman–Crippen LogP) is 2.45. The van der Waals surface area contributed by atoms with Crippen molar-refractivity contribution in [1.29, 1.82) is 0 Å². The molecule has 1 aromatic heterocycles. The number of ether oxygens (including phenoxy) is 2. The molecule has 142 valence electrons. The number of rotatable bonds is 7. The standard InChI is InChI=1S/C18H20N4O4S/c1-13-5-4-6-14(9-13)11-22-12-19-18(20-22)21-27(23,24)17-10-15(25-2)7-8-16(17)26-3/h4-10,12H,11H2,1-3H3,(H,20,21). The maximum Gasteiger partial charge on any atom is 0.268 e. The lowest BCUT2D eigenvalue weighted by Gasteiger charge is -2.11. The normalized spacial score (nSPS) is 11.2. The molecule has 0 saturated heterocycles. The Hall–Kier alpha value is -3.07. The summed E-state index contributed by atoms with van der Waals surface area (Å²) >= 11 is 0. The molecule has 3 aromatic rings. The highest BCUT2D eigenvalue weighted by Gasteiger charge is 2.22. The quantitative estimate of drug-likeness (QED) is 0.668. The number of aryl methyl sites for hydroxylation is 1. The number of sulfonamides is 1.